The second kappa shape index (κ2) is 5.13. The number of halogens is 4. The summed E-state index contributed by atoms with van der Waals surface area (Å²) in [5.41, 5.74) is -0.879. The molecule has 1 fully saturated rings. The van der Waals surface area contributed by atoms with E-state index in [1.807, 2.05) is 0 Å². The molecule has 1 aliphatic rings. The molecule has 0 unspecified atom stereocenters. The number of aliphatic hydroxyl groups is 1. The summed E-state index contributed by atoms with van der Waals surface area (Å²) >= 11 is 5.53. The summed E-state index contributed by atoms with van der Waals surface area (Å²) in [6, 6.07) is 1.20. The Hall–Kier alpha value is -1.08. The van der Waals surface area contributed by atoms with Crippen LogP contribution in [0.3, 0.4) is 0 Å². The molecule has 2 rings (SSSR count). The highest BCUT2D eigenvalue weighted by atomic mass is 35.5. The van der Waals surface area contributed by atoms with Crippen LogP contribution in [0.1, 0.15) is 31.5 Å². The Morgan fingerprint density at radius 2 is 1.95 bits per heavy atom. The van der Waals surface area contributed by atoms with Crippen LogP contribution in [-0.2, 0) is 6.18 Å². The average Bonchev–Trinajstić information content (AvgIpc) is 2.72. The van der Waals surface area contributed by atoms with E-state index in [4.69, 9.17) is 11.6 Å². The Kier molecular flexibility index (Phi) is 3.87. The van der Waals surface area contributed by atoms with Crippen molar-refractivity contribution in [1.29, 1.82) is 0 Å². The standard InChI is InChI=1S/C11H13ClF3N3O/c12-7-5-8(18-9(17-7)11(13,14)15)16-6-10(19)3-1-2-4-10/h5,19H,1-4,6H2,(H,16,17,18). The molecule has 19 heavy (non-hydrogen) atoms. The first kappa shape index (κ1) is 14.3. The Morgan fingerprint density at radius 3 is 2.53 bits per heavy atom. The molecule has 106 valence electrons. The highest BCUT2D eigenvalue weighted by Gasteiger charge is 2.36. The molecule has 1 heterocycles. The van der Waals surface area contributed by atoms with Gasteiger partial charge in [0.15, 0.2) is 0 Å². The number of hydrogen-bond donors (Lipinski definition) is 2. The molecule has 1 aromatic rings. The lowest BCUT2D eigenvalue weighted by Crippen LogP contribution is -2.33. The number of rotatable bonds is 3. The molecule has 0 bridgehead atoms. The lowest BCUT2D eigenvalue weighted by molar-refractivity contribution is -0.144. The van der Waals surface area contributed by atoms with E-state index >= 15 is 0 Å². The van der Waals surface area contributed by atoms with Crippen molar-refractivity contribution in [2.24, 2.45) is 0 Å². The second-order valence-corrected chi connectivity index (χ2v) is 5.07. The van der Waals surface area contributed by atoms with Gasteiger partial charge in [-0.1, -0.05) is 24.4 Å². The van der Waals surface area contributed by atoms with E-state index < -0.39 is 17.6 Å². The smallest absolute Gasteiger partial charge is 0.388 e. The molecule has 4 nitrogen and oxygen atoms in total. The molecule has 0 aromatic carbocycles. The van der Waals surface area contributed by atoms with Gasteiger partial charge in [-0.2, -0.15) is 13.2 Å². The fraction of sp³-hybridized carbons (Fsp3) is 0.636. The van der Waals surface area contributed by atoms with Crippen molar-refractivity contribution in [1.82, 2.24) is 9.97 Å². The topological polar surface area (TPSA) is 58.0 Å². The minimum Gasteiger partial charge on any atom is -0.388 e. The maximum atomic E-state index is 12.5. The van der Waals surface area contributed by atoms with Gasteiger partial charge in [0.05, 0.1) is 5.60 Å². The maximum absolute atomic E-state index is 12.5. The van der Waals surface area contributed by atoms with Crippen LogP contribution in [-0.4, -0.2) is 27.2 Å². The number of aromatic nitrogens is 2. The molecule has 1 saturated carbocycles. The van der Waals surface area contributed by atoms with Crippen LogP contribution >= 0.6 is 11.6 Å². The van der Waals surface area contributed by atoms with E-state index in [0.29, 0.717) is 12.8 Å². The van der Waals surface area contributed by atoms with Crippen LogP contribution in [0, 0.1) is 0 Å². The zero-order valence-electron chi connectivity index (χ0n) is 9.97. The van der Waals surface area contributed by atoms with Gasteiger partial charge in [0, 0.05) is 12.6 Å². The van der Waals surface area contributed by atoms with Gasteiger partial charge in [-0.25, -0.2) is 9.97 Å². The number of hydrogen-bond acceptors (Lipinski definition) is 4. The molecule has 0 amide bonds. The number of alkyl halides is 3. The summed E-state index contributed by atoms with van der Waals surface area (Å²) in [7, 11) is 0. The molecule has 0 spiro atoms. The van der Waals surface area contributed by atoms with Gasteiger partial charge in [-0.05, 0) is 12.8 Å². The molecule has 0 radical (unpaired) electrons. The average molecular weight is 296 g/mol. The quantitative estimate of drug-likeness (QED) is 0.842. The highest BCUT2D eigenvalue weighted by molar-refractivity contribution is 6.29. The van der Waals surface area contributed by atoms with Crippen LogP contribution in [0.15, 0.2) is 6.07 Å². The van der Waals surface area contributed by atoms with Gasteiger partial charge >= 0.3 is 6.18 Å². The van der Waals surface area contributed by atoms with E-state index in [-0.39, 0.29) is 17.5 Å². The predicted octanol–water partition coefficient (Wildman–Crippen LogP) is 2.87. The van der Waals surface area contributed by atoms with Gasteiger partial charge in [-0.15, -0.1) is 0 Å². The lowest BCUT2D eigenvalue weighted by atomic mass is 10.0. The van der Waals surface area contributed by atoms with Crippen molar-refractivity contribution < 1.29 is 18.3 Å². The number of anilines is 1. The fourth-order valence-corrected chi connectivity index (χ4v) is 2.28. The van der Waals surface area contributed by atoms with E-state index in [1.54, 1.807) is 0 Å². The van der Waals surface area contributed by atoms with E-state index in [0.717, 1.165) is 12.8 Å². The minimum atomic E-state index is -4.65. The summed E-state index contributed by atoms with van der Waals surface area (Å²) in [6.45, 7) is 0.150. The molecular weight excluding hydrogens is 283 g/mol. The van der Waals surface area contributed by atoms with Crippen LogP contribution < -0.4 is 5.32 Å². The first-order valence-corrected chi connectivity index (χ1v) is 6.24. The monoisotopic (exact) mass is 295 g/mol. The Morgan fingerprint density at radius 1 is 1.32 bits per heavy atom. The predicted molar refractivity (Wildman–Crippen MR) is 64.0 cm³/mol. The third-order valence-electron chi connectivity index (χ3n) is 3.08. The van der Waals surface area contributed by atoms with Crippen molar-refractivity contribution in [3.8, 4) is 0 Å². The Labute approximate surface area is 113 Å². The van der Waals surface area contributed by atoms with Crippen molar-refractivity contribution >= 4 is 17.4 Å². The van der Waals surface area contributed by atoms with E-state index in [1.165, 1.54) is 6.07 Å². The van der Waals surface area contributed by atoms with Gasteiger partial charge in [0.2, 0.25) is 5.82 Å². The van der Waals surface area contributed by atoms with Crippen molar-refractivity contribution in [2.75, 3.05) is 11.9 Å². The summed E-state index contributed by atoms with van der Waals surface area (Å²) in [5.74, 6) is -1.33. The largest absolute Gasteiger partial charge is 0.451 e. The van der Waals surface area contributed by atoms with Crippen molar-refractivity contribution in [2.45, 2.75) is 37.5 Å². The van der Waals surface area contributed by atoms with E-state index in [9.17, 15) is 18.3 Å². The zero-order chi connectivity index (χ0) is 14.1. The summed E-state index contributed by atoms with van der Waals surface area (Å²) in [6.07, 6.45) is -1.56. The van der Waals surface area contributed by atoms with Crippen LogP contribution in [0.25, 0.3) is 0 Å². The molecule has 1 aromatic heterocycles. The van der Waals surface area contributed by atoms with Crippen molar-refractivity contribution in [3.63, 3.8) is 0 Å². The SMILES string of the molecule is OC1(CNc2cc(Cl)nc(C(F)(F)F)n2)CCCC1. The first-order chi connectivity index (χ1) is 8.78. The lowest BCUT2D eigenvalue weighted by Gasteiger charge is -2.22. The highest BCUT2D eigenvalue weighted by Crippen LogP contribution is 2.31. The molecule has 8 heteroatoms. The number of nitrogens with one attached hydrogen (secondary N) is 1. The Balaban J connectivity index is 2.10. The van der Waals surface area contributed by atoms with Gasteiger partial charge in [0.1, 0.15) is 11.0 Å². The molecule has 0 atom stereocenters. The first-order valence-electron chi connectivity index (χ1n) is 5.87. The number of nitrogens with zero attached hydrogens (tertiary/aromatic N) is 2. The van der Waals surface area contributed by atoms with Crippen LogP contribution in [0.4, 0.5) is 19.0 Å². The maximum Gasteiger partial charge on any atom is 0.451 e. The second-order valence-electron chi connectivity index (χ2n) is 4.68. The summed E-state index contributed by atoms with van der Waals surface area (Å²) in [5, 5.41) is 12.5. The fourth-order valence-electron chi connectivity index (χ4n) is 2.10. The zero-order valence-corrected chi connectivity index (χ0v) is 10.7. The third-order valence-corrected chi connectivity index (χ3v) is 3.27. The minimum absolute atomic E-state index is 0.0346. The van der Waals surface area contributed by atoms with E-state index in [2.05, 4.69) is 15.3 Å². The van der Waals surface area contributed by atoms with Crippen LogP contribution in [0.2, 0.25) is 5.15 Å². The molecule has 1 aliphatic carbocycles. The van der Waals surface area contributed by atoms with Gasteiger partial charge in [0.25, 0.3) is 0 Å². The third kappa shape index (κ3) is 3.70. The molecule has 2 N–H and O–H groups in total. The molecular formula is C11H13ClF3N3O. The normalized spacial score (nSPS) is 18.6. The van der Waals surface area contributed by atoms with Gasteiger partial charge in [-0.3, -0.25) is 0 Å². The van der Waals surface area contributed by atoms with Gasteiger partial charge < -0.3 is 10.4 Å². The molecule has 0 saturated heterocycles. The Bertz CT molecular complexity index is 461. The summed E-state index contributed by atoms with van der Waals surface area (Å²) in [4.78, 5) is 6.48. The molecule has 0 aliphatic heterocycles. The van der Waals surface area contributed by atoms with Crippen molar-refractivity contribution in [3.05, 3.63) is 17.0 Å². The summed E-state index contributed by atoms with van der Waals surface area (Å²) < 4.78 is 37.5. The van der Waals surface area contributed by atoms with Crippen LogP contribution in [0.5, 0.6) is 0 Å².